The average molecular weight is 250 g/mol. The van der Waals surface area contributed by atoms with E-state index in [1.807, 2.05) is 12.1 Å². The lowest BCUT2D eigenvalue weighted by atomic mass is 10.2. The summed E-state index contributed by atoms with van der Waals surface area (Å²) in [4.78, 5) is 2.43. The molecule has 0 heterocycles. The predicted molar refractivity (Wildman–Crippen MR) is 77.1 cm³/mol. The fraction of sp³-hybridized carbons (Fsp3) is 0.600. The summed E-state index contributed by atoms with van der Waals surface area (Å²) in [6.45, 7) is 10.8. The van der Waals surface area contributed by atoms with E-state index < -0.39 is 0 Å². The molecule has 3 heteroatoms. The van der Waals surface area contributed by atoms with Gasteiger partial charge >= 0.3 is 0 Å². The highest BCUT2D eigenvalue weighted by atomic mass is 16.5. The van der Waals surface area contributed by atoms with Gasteiger partial charge in [0.05, 0.1) is 7.11 Å². The van der Waals surface area contributed by atoms with Gasteiger partial charge in [0.2, 0.25) is 0 Å². The summed E-state index contributed by atoms with van der Waals surface area (Å²) < 4.78 is 5.35. The maximum atomic E-state index is 5.35. The van der Waals surface area contributed by atoms with Crippen LogP contribution in [0, 0.1) is 0 Å². The molecule has 0 radical (unpaired) electrons. The third-order valence-electron chi connectivity index (χ3n) is 3.26. The van der Waals surface area contributed by atoms with Gasteiger partial charge in [0.1, 0.15) is 5.75 Å². The lowest BCUT2D eigenvalue weighted by molar-refractivity contribution is 0.270. The first-order valence-corrected chi connectivity index (χ1v) is 6.78. The molecule has 1 aromatic carbocycles. The van der Waals surface area contributed by atoms with Crippen LogP contribution in [0.3, 0.4) is 0 Å². The fourth-order valence-electron chi connectivity index (χ4n) is 2.07. The van der Waals surface area contributed by atoms with E-state index in [4.69, 9.17) is 4.74 Å². The Hall–Kier alpha value is -1.06. The van der Waals surface area contributed by atoms with Crippen LogP contribution < -0.4 is 10.1 Å². The third-order valence-corrected chi connectivity index (χ3v) is 3.26. The van der Waals surface area contributed by atoms with Gasteiger partial charge < -0.3 is 15.0 Å². The van der Waals surface area contributed by atoms with Gasteiger partial charge in [-0.15, -0.1) is 0 Å². The number of para-hydroxylation sites is 1. The Morgan fingerprint density at radius 1 is 1.22 bits per heavy atom. The Labute approximate surface area is 111 Å². The van der Waals surface area contributed by atoms with Crippen molar-refractivity contribution < 1.29 is 4.74 Å². The first-order valence-electron chi connectivity index (χ1n) is 6.78. The SMILES string of the molecule is CCN(CC)CC(C)NCc1ccccc1OC. The molecule has 1 atom stereocenters. The van der Waals surface area contributed by atoms with Gasteiger partial charge in [-0.1, -0.05) is 32.0 Å². The molecule has 0 fully saturated rings. The number of nitrogens with one attached hydrogen (secondary N) is 1. The van der Waals surface area contributed by atoms with E-state index in [2.05, 4.69) is 43.1 Å². The van der Waals surface area contributed by atoms with E-state index in [0.717, 1.165) is 31.9 Å². The summed E-state index contributed by atoms with van der Waals surface area (Å²) >= 11 is 0. The molecule has 0 saturated heterocycles. The van der Waals surface area contributed by atoms with Crippen molar-refractivity contribution in [3.8, 4) is 5.75 Å². The molecular formula is C15H26N2O. The number of rotatable bonds is 8. The second-order valence-corrected chi connectivity index (χ2v) is 4.58. The van der Waals surface area contributed by atoms with Gasteiger partial charge in [0, 0.05) is 24.7 Å². The first kappa shape index (κ1) is 15.0. The highest BCUT2D eigenvalue weighted by molar-refractivity contribution is 5.32. The van der Waals surface area contributed by atoms with Crippen LogP contribution in [0.25, 0.3) is 0 Å². The van der Waals surface area contributed by atoms with Crippen molar-refractivity contribution in [1.82, 2.24) is 10.2 Å². The van der Waals surface area contributed by atoms with Crippen molar-refractivity contribution in [2.24, 2.45) is 0 Å². The van der Waals surface area contributed by atoms with E-state index in [9.17, 15) is 0 Å². The smallest absolute Gasteiger partial charge is 0.123 e. The Balaban J connectivity index is 2.44. The molecule has 1 N–H and O–H groups in total. The van der Waals surface area contributed by atoms with Crippen molar-refractivity contribution in [3.63, 3.8) is 0 Å². The maximum absolute atomic E-state index is 5.35. The number of hydrogen-bond donors (Lipinski definition) is 1. The van der Waals surface area contributed by atoms with Gasteiger partial charge in [-0.05, 0) is 26.1 Å². The summed E-state index contributed by atoms with van der Waals surface area (Å²) in [6.07, 6.45) is 0. The Morgan fingerprint density at radius 2 is 1.89 bits per heavy atom. The predicted octanol–water partition coefficient (Wildman–Crippen LogP) is 2.52. The summed E-state index contributed by atoms with van der Waals surface area (Å²) in [5.41, 5.74) is 1.21. The lowest BCUT2D eigenvalue weighted by Gasteiger charge is -2.23. The minimum Gasteiger partial charge on any atom is -0.496 e. The van der Waals surface area contributed by atoms with Crippen molar-refractivity contribution in [2.75, 3.05) is 26.7 Å². The van der Waals surface area contributed by atoms with Gasteiger partial charge in [0.25, 0.3) is 0 Å². The van der Waals surface area contributed by atoms with E-state index in [0.29, 0.717) is 6.04 Å². The van der Waals surface area contributed by atoms with E-state index in [1.165, 1.54) is 5.56 Å². The highest BCUT2D eigenvalue weighted by Gasteiger charge is 2.08. The molecule has 0 saturated carbocycles. The van der Waals surface area contributed by atoms with E-state index in [1.54, 1.807) is 7.11 Å². The zero-order chi connectivity index (χ0) is 13.4. The molecule has 0 bridgehead atoms. The number of nitrogens with zero attached hydrogens (tertiary/aromatic N) is 1. The fourth-order valence-corrected chi connectivity index (χ4v) is 2.07. The minimum absolute atomic E-state index is 0.481. The van der Waals surface area contributed by atoms with Crippen LogP contribution in [0.15, 0.2) is 24.3 Å². The number of ether oxygens (including phenoxy) is 1. The Bertz CT molecular complexity index is 337. The standard InChI is InChI=1S/C15H26N2O/c1-5-17(6-2)12-13(3)16-11-14-9-7-8-10-15(14)18-4/h7-10,13,16H,5-6,11-12H2,1-4H3. The number of hydrogen-bond acceptors (Lipinski definition) is 3. The van der Waals surface area contributed by atoms with Crippen LogP contribution in [-0.2, 0) is 6.54 Å². The number of likely N-dealkylation sites (N-methyl/N-ethyl adjacent to an activating group) is 1. The molecular weight excluding hydrogens is 224 g/mol. The zero-order valence-corrected chi connectivity index (χ0v) is 12.1. The van der Waals surface area contributed by atoms with Crippen molar-refractivity contribution in [2.45, 2.75) is 33.4 Å². The van der Waals surface area contributed by atoms with Crippen LogP contribution in [0.2, 0.25) is 0 Å². The summed E-state index contributed by atoms with van der Waals surface area (Å²) in [7, 11) is 1.72. The van der Waals surface area contributed by atoms with Crippen LogP contribution in [-0.4, -0.2) is 37.7 Å². The van der Waals surface area contributed by atoms with Gasteiger partial charge in [-0.3, -0.25) is 0 Å². The zero-order valence-electron chi connectivity index (χ0n) is 12.1. The molecule has 0 amide bonds. The van der Waals surface area contributed by atoms with Crippen LogP contribution in [0.4, 0.5) is 0 Å². The minimum atomic E-state index is 0.481. The molecule has 0 aliphatic heterocycles. The van der Waals surface area contributed by atoms with Gasteiger partial charge in [-0.25, -0.2) is 0 Å². The summed E-state index contributed by atoms with van der Waals surface area (Å²) in [5, 5.41) is 3.55. The van der Waals surface area contributed by atoms with Crippen LogP contribution in [0.5, 0.6) is 5.75 Å². The number of benzene rings is 1. The van der Waals surface area contributed by atoms with Crippen LogP contribution >= 0.6 is 0 Å². The largest absolute Gasteiger partial charge is 0.496 e. The molecule has 0 aromatic heterocycles. The second kappa shape index (κ2) is 8.11. The Morgan fingerprint density at radius 3 is 2.50 bits per heavy atom. The molecule has 3 nitrogen and oxygen atoms in total. The molecule has 1 rings (SSSR count). The quantitative estimate of drug-likeness (QED) is 0.767. The average Bonchev–Trinajstić information content (AvgIpc) is 2.42. The molecule has 1 unspecified atom stereocenters. The van der Waals surface area contributed by atoms with Crippen molar-refractivity contribution in [1.29, 1.82) is 0 Å². The second-order valence-electron chi connectivity index (χ2n) is 4.58. The molecule has 0 aliphatic carbocycles. The maximum Gasteiger partial charge on any atom is 0.123 e. The van der Waals surface area contributed by atoms with Gasteiger partial charge in [-0.2, -0.15) is 0 Å². The van der Waals surface area contributed by atoms with Crippen molar-refractivity contribution in [3.05, 3.63) is 29.8 Å². The van der Waals surface area contributed by atoms with Crippen LogP contribution in [0.1, 0.15) is 26.3 Å². The van der Waals surface area contributed by atoms with Gasteiger partial charge in [0.15, 0.2) is 0 Å². The molecule has 102 valence electrons. The summed E-state index contributed by atoms with van der Waals surface area (Å²) in [6, 6.07) is 8.65. The summed E-state index contributed by atoms with van der Waals surface area (Å²) in [5.74, 6) is 0.958. The molecule has 1 aromatic rings. The Kier molecular flexibility index (Phi) is 6.76. The highest BCUT2D eigenvalue weighted by Crippen LogP contribution is 2.16. The normalized spacial score (nSPS) is 12.7. The lowest BCUT2D eigenvalue weighted by Crippen LogP contribution is -2.38. The number of methoxy groups -OCH3 is 1. The molecule has 0 aliphatic rings. The van der Waals surface area contributed by atoms with Crippen molar-refractivity contribution >= 4 is 0 Å². The molecule has 0 spiro atoms. The molecule has 18 heavy (non-hydrogen) atoms. The van der Waals surface area contributed by atoms with E-state index >= 15 is 0 Å². The monoisotopic (exact) mass is 250 g/mol. The topological polar surface area (TPSA) is 24.5 Å². The third kappa shape index (κ3) is 4.67. The first-order chi connectivity index (χ1) is 8.71. The van der Waals surface area contributed by atoms with E-state index in [-0.39, 0.29) is 0 Å².